The van der Waals surface area contributed by atoms with Crippen LogP contribution in [0.1, 0.15) is 77.0 Å². The highest BCUT2D eigenvalue weighted by Crippen LogP contribution is 2.07. The molecule has 0 aliphatic heterocycles. The van der Waals surface area contributed by atoms with E-state index in [0.29, 0.717) is 25.7 Å². The molecule has 24 nitrogen and oxygen atoms in total. The Morgan fingerprint density at radius 1 is 0.424 bits per heavy atom. The van der Waals surface area contributed by atoms with E-state index in [9.17, 15) is 58.2 Å². The van der Waals surface area contributed by atoms with Crippen molar-refractivity contribution in [2.45, 2.75) is 95.2 Å². The lowest BCUT2D eigenvalue weighted by Gasteiger charge is -2.16. The first-order valence-electron chi connectivity index (χ1n) is 18.9. The highest BCUT2D eigenvalue weighted by Gasteiger charge is 2.25. The van der Waals surface area contributed by atoms with Gasteiger partial charge < -0.3 is 71.7 Å². The van der Waals surface area contributed by atoms with Crippen LogP contribution in [-0.2, 0) is 66.9 Å². The van der Waals surface area contributed by atoms with E-state index in [2.05, 4.69) is 26.6 Å². The minimum Gasteiger partial charge on any atom is -0.481 e. The Morgan fingerprint density at radius 3 is 1.29 bits per heavy atom. The summed E-state index contributed by atoms with van der Waals surface area (Å²) >= 11 is 0. The topological polar surface area (TPSA) is 375 Å². The zero-order valence-electron chi connectivity index (χ0n) is 32.9. The average molecular weight is 851 g/mol. The summed E-state index contributed by atoms with van der Waals surface area (Å²) in [7, 11) is 0. The third kappa shape index (κ3) is 32.2. The average Bonchev–Trinajstić information content (AvgIpc) is 3.16. The summed E-state index contributed by atoms with van der Waals surface area (Å²) in [6, 6.07) is -4.08. The number of unbranched alkanes of at least 4 members (excludes halogenated alkanes) is 3. The normalized spacial score (nSPS) is 12.3. The first-order chi connectivity index (χ1) is 28.0. The zero-order valence-corrected chi connectivity index (χ0v) is 32.9. The van der Waals surface area contributed by atoms with Gasteiger partial charge in [-0.25, -0.2) is 14.4 Å². The van der Waals surface area contributed by atoms with Crippen LogP contribution in [0.5, 0.6) is 0 Å². The van der Waals surface area contributed by atoms with Crippen LogP contribution in [0.3, 0.4) is 0 Å². The van der Waals surface area contributed by atoms with E-state index in [1.807, 2.05) is 0 Å². The molecule has 336 valence electrons. The van der Waals surface area contributed by atoms with Crippen molar-refractivity contribution in [2.24, 2.45) is 5.73 Å². The Balaban J connectivity index is 3.92. The maximum Gasteiger partial charge on any atom is 0.326 e. The number of amides is 6. The maximum atomic E-state index is 12.1. The predicted molar refractivity (Wildman–Crippen MR) is 200 cm³/mol. The van der Waals surface area contributed by atoms with Gasteiger partial charge in [0.2, 0.25) is 35.4 Å². The van der Waals surface area contributed by atoms with Gasteiger partial charge in [0.1, 0.15) is 31.3 Å². The van der Waals surface area contributed by atoms with Gasteiger partial charge in [0.15, 0.2) is 0 Å². The van der Waals surface area contributed by atoms with Crippen molar-refractivity contribution in [3.05, 3.63) is 0 Å². The summed E-state index contributed by atoms with van der Waals surface area (Å²) in [6.45, 7) is -0.0426. The minimum atomic E-state index is -1.46. The number of primary amides is 1. The molecule has 0 heterocycles. The van der Waals surface area contributed by atoms with Gasteiger partial charge in [-0.1, -0.05) is 12.8 Å². The van der Waals surface area contributed by atoms with Crippen LogP contribution < -0.4 is 32.3 Å². The van der Waals surface area contributed by atoms with E-state index < -0.39 is 90.5 Å². The molecule has 0 aliphatic rings. The van der Waals surface area contributed by atoms with Crippen molar-refractivity contribution in [3.8, 4) is 0 Å². The number of carbonyl (C=O) groups excluding carboxylic acids is 6. The zero-order chi connectivity index (χ0) is 44.4. The van der Waals surface area contributed by atoms with Gasteiger partial charge >= 0.3 is 23.9 Å². The number of carboxylic acids is 4. The fraction of sp³-hybridized carbons (Fsp3) is 0.714. The molecular weight excluding hydrogens is 792 g/mol. The fourth-order valence-electron chi connectivity index (χ4n) is 4.73. The molecule has 0 aliphatic carbocycles. The van der Waals surface area contributed by atoms with Gasteiger partial charge in [-0.15, -0.1) is 0 Å². The second kappa shape index (κ2) is 33.5. The number of hydrogen-bond acceptors (Lipinski definition) is 14. The van der Waals surface area contributed by atoms with E-state index in [4.69, 9.17) is 34.9 Å². The molecule has 59 heavy (non-hydrogen) atoms. The molecule has 0 bridgehead atoms. The third-order valence-corrected chi connectivity index (χ3v) is 7.79. The van der Waals surface area contributed by atoms with Crippen molar-refractivity contribution in [1.82, 2.24) is 26.6 Å². The number of carbonyl (C=O) groups is 10. The van der Waals surface area contributed by atoms with Crippen LogP contribution >= 0.6 is 0 Å². The monoisotopic (exact) mass is 850 g/mol. The second-order valence-electron chi connectivity index (χ2n) is 12.8. The Labute approximate surface area is 339 Å². The highest BCUT2D eigenvalue weighted by molar-refractivity contribution is 5.87. The second-order valence-corrected chi connectivity index (χ2v) is 12.8. The van der Waals surface area contributed by atoms with Crippen molar-refractivity contribution in [2.75, 3.05) is 65.9 Å². The van der Waals surface area contributed by atoms with E-state index in [0.717, 1.165) is 0 Å². The molecule has 0 aromatic carbocycles. The number of ether oxygens (including phenoxy) is 4. The van der Waals surface area contributed by atoms with Crippen LogP contribution in [0.2, 0.25) is 0 Å². The van der Waals surface area contributed by atoms with E-state index in [1.165, 1.54) is 0 Å². The van der Waals surface area contributed by atoms with Gasteiger partial charge in [0.25, 0.3) is 0 Å². The Morgan fingerprint density at radius 2 is 0.814 bits per heavy atom. The van der Waals surface area contributed by atoms with Gasteiger partial charge in [0.05, 0.1) is 39.6 Å². The summed E-state index contributed by atoms with van der Waals surface area (Å²) < 4.78 is 20.9. The van der Waals surface area contributed by atoms with Crippen LogP contribution in [0.25, 0.3) is 0 Å². The highest BCUT2D eigenvalue weighted by atomic mass is 16.5. The number of aliphatic carboxylic acids is 4. The smallest absolute Gasteiger partial charge is 0.326 e. The lowest BCUT2D eigenvalue weighted by molar-refractivity contribution is -0.144. The van der Waals surface area contributed by atoms with E-state index in [-0.39, 0.29) is 104 Å². The Kier molecular flexibility index (Phi) is 30.4. The molecule has 0 spiro atoms. The summed E-state index contributed by atoms with van der Waals surface area (Å²) in [5.41, 5.74) is 4.98. The van der Waals surface area contributed by atoms with E-state index >= 15 is 0 Å². The molecule has 0 aromatic heterocycles. The van der Waals surface area contributed by atoms with Gasteiger partial charge in [-0.05, 0) is 32.1 Å². The first-order valence-corrected chi connectivity index (χ1v) is 18.9. The molecule has 6 amide bonds. The minimum absolute atomic E-state index is 0.0389. The predicted octanol–water partition coefficient (Wildman–Crippen LogP) is -2.76. The quantitative estimate of drug-likeness (QED) is 0.0281. The largest absolute Gasteiger partial charge is 0.481 e. The van der Waals surface area contributed by atoms with Crippen LogP contribution in [-0.4, -0.2) is 164 Å². The summed E-state index contributed by atoms with van der Waals surface area (Å²) in [6.07, 6.45) is 0.879. The molecule has 0 saturated carbocycles. The first kappa shape index (κ1) is 53.5. The molecular formula is C35H58N6O18. The molecule has 0 radical (unpaired) electrons. The SMILES string of the molecule is NC(=O)CC[C@H](NC(=O)CC[C@H](NC(=O)COCCOCCNC(=O)COCCOCCNC(=O)CC[C@H](NC(=O)CCCCCCC(=O)O)C(=O)O)C(=O)O)C(=O)O. The summed E-state index contributed by atoms with van der Waals surface area (Å²) in [4.78, 5) is 116. The fourth-order valence-corrected chi connectivity index (χ4v) is 4.73. The van der Waals surface area contributed by atoms with Crippen LogP contribution in [0.4, 0.5) is 0 Å². The molecule has 0 rings (SSSR count). The van der Waals surface area contributed by atoms with Crippen molar-refractivity contribution >= 4 is 59.3 Å². The molecule has 3 atom stereocenters. The van der Waals surface area contributed by atoms with Gasteiger partial charge in [0, 0.05) is 45.2 Å². The lowest BCUT2D eigenvalue weighted by atomic mass is 10.1. The van der Waals surface area contributed by atoms with Crippen LogP contribution in [0, 0.1) is 0 Å². The summed E-state index contributed by atoms with van der Waals surface area (Å²) in [5.74, 6) is -8.62. The molecule has 0 unspecified atom stereocenters. The third-order valence-electron chi connectivity index (χ3n) is 7.79. The number of nitrogens with two attached hydrogens (primary N) is 1. The van der Waals surface area contributed by atoms with Crippen molar-refractivity contribution in [1.29, 1.82) is 0 Å². The van der Waals surface area contributed by atoms with Crippen LogP contribution in [0.15, 0.2) is 0 Å². The number of carboxylic acid groups (broad SMARTS) is 4. The van der Waals surface area contributed by atoms with Crippen molar-refractivity contribution < 1.29 is 87.3 Å². The maximum absolute atomic E-state index is 12.1. The number of hydrogen-bond donors (Lipinski definition) is 10. The Hall–Kier alpha value is -5.46. The Bertz CT molecular complexity index is 1370. The number of rotatable bonds is 38. The summed E-state index contributed by atoms with van der Waals surface area (Å²) in [5, 5.41) is 48.4. The van der Waals surface area contributed by atoms with E-state index in [1.54, 1.807) is 0 Å². The molecule has 0 saturated heterocycles. The number of nitrogens with one attached hydrogen (secondary N) is 5. The van der Waals surface area contributed by atoms with Crippen molar-refractivity contribution in [3.63, 3.8) is 0 Å². The van der Waals surface area contributed by atoms with Gasteiger partial charge in [-0.3, -0.25) is 33.6 Å². The lowest BCUT2D eigenvalue weighted by Crippen LogP contribution is -2.45. The molecule has 0 aromatic rings. The molecule has 11 N–H and O–H groups in total. The molecule has 0 fully saturated rings. The standard InChI is InChI=1S/C35H58N6O18/c36-26(42)10-7-23(33(50)51)40-29(45)12-9-25(35(54)55)41-31(47)22-59-20-18-57-16-14-38-30(46)21-58-19-17-56-15-13-37-27(43)11-8-24(34(52)53)39-28(44)5-3-1-2-4-6-32(48)49/h23-25H,1-22H2,(H2,36,42)(H,37,43)(H,38,46)(H,39,44)(H,40,45)(H,41,47)(H,48,49)(H,50,51)(H,52,53)(H,54,55)/t23-,24-,25-/m0/s1. The molecule has 24 heteroatoms. The van der Waals surface area contributed by atoms with Gasteiger partial charge in [-0.2, -0.15) is 0 Å².